The summed E-state index contributed by atoms with van der Waals surface area (Å²) in [6.07, 6.45) is 1.09. The molecule has 0 bridgehead atoms. The summed E-state index contributed by atoms with van der Waals surface area (Å²) in [5, 5.41) is 6.03. The molecule has 0 aromatic heterocycles. The van der Waals surface area contributed by atoms with Gasteiger partial charge in [-0.2, -0.15) is 0 Å². The molecule has 0 heterocycles. The summed E-state index contributed by atoms with van der Waals surface area (Å²) in [6, 6.07) is 14.6. The molecule has 0 saturated heterocycles. The second kappa shape index (κ2) is 7.15. The Morgan fingerprint density at radius 1 is 1.12 bits per heavy atom. The maximum absolute atomic E-state index is 12.6. The van der Waals surface area contributed by atoms with Crippen LogP contribution in [0, 0.1) is 5.41 Å². The number of hydrogen-bond acceptors (Lipinski definition) is 3. The summed E-state index contributed by atoms with van der Waals surface area (Å²) in [7, 11) is 1.52. The summed E-state index contributed by atoms with van der Waals surface area (Å²) >= 11 is 6.07. The van der Waals surface area contributed by atoms with Crippen LogP contribution in [0.15, 0.2) is 48.5 Å². The quantitative estimate of drug-likeness (QED) is 0.778. The van der Waals surface area contributed by atoms with Crippen LogP contribution < -0.4 is 15.4 Å². The van der Waals surface area contributed by atoms with Gasteiger partial charge in [0.1, 0.15) is 11.2 Å². The molecular formula is C19H19ClN2O3. The molecule has 0 aliphatic heterocycles. The highest BCUT2D eigenvalue weighted by atomic mass is 35.5. The van der Waals surface area contributed by atoms with Gasteiger partial charge in [0, 0.05) is 12.2 Å². The monoisotopic (exact) mass is 358 g/mol. The summed E-state index contributed by atoms with van der Waals surface area (Å²) < 4.78 is 5.09. The van der Waals surface area contributed by atoms with Crippen molar-refractivity contribution in [3.63, 3.8) is 0 Å². The summed E-state index contributed by atoms with van der Waals surface area (Å²) in [5.74, 6) is -0.0193. The SMILES string of the molecule is COc1ccc(NC(=O)C2(C(=O)NCc3ccccc3)CC2)cc1Cl. The molecule has 1 aliphatic carbocycles. The summed E-state index contributed by atoms with van der Waals surface area (Å²) in [4.78, 5) is 25.1. The standard InChI is InChI=1S/C19H19ClN2O3/c1-25-16-8-7-14(11-15(16)20)22-18(24)19(9-10-19)17(23)21-12-13-5-3-2-4-6-13/h2-8,11H,9-10,12H2,1H3,(H,21,23)(H,22,24). The Morgan fingerprint density at radius 2 is 1.84 bits per heavy atom. The van der Waals surface area contributed by atoms with Gasteiger partial charge in [0.05, 0.1) is 12.1 Å². The molecular weight excluding hydrogens is 340 g/mol. The van der Waals surface area contributed by atoms with E-state index in [4.69, 9.17) is 16.3 Å². The van der Waals surface area contributed by atoms with Crippen molar-refractivity contribution in [2.75, 3.05) is 12.4 Å². The van der Waals surface area contributed by atoms with E-state index in [-0.39, 0.29) is 11.8 Å². The van der Waals surface area contributed by atoms with Crippen molar-refractivity contribution in [3.8, 4) is 5.75 Å². The maximum Gasteiger partial charge on any atom is 0.240 e. The number of anilines is 1. The van der Waals surface area contributed by atoms with Crippen LogP contribution in [0.25, 0.3) is 0 Å². The van der Waals surface area contributed by atoms with E-state index in [0.29, 0.717) is 35.8 Å². The number of ether oxygens (including phenoxy) is 1. The lowest BCUT2D eigenvalue weighted by Crippen LogP contribution is -2.39. The van der Waals surface area contributed by atoms with Gasteiger partial charge in [-0.25, -0.2) is 0 Å². The van der Waals surface area contributed by atoms with Gasteiger partial charge in [-0.05, 0) is 36.6 Å². The highest BCUT2D eigenvalue weighted by Crippen LogP contribution is 2.47. The maximum atomic E-state index is 12.6. The van der Waals surface area contributed by atoms with Gasteiger partial charge in [-0.1, -0.05) is 41.9 Å². The molecule has 25 heavy (non-hydrogen) atoms. The zero-order valence-electron chi connectivity index (χ0n) is 13.8. The summed E-state index contributed by atoms with van der Waals surface area (Å²) in [6.45, 7) is 0.406. The van der Waals surface area contributed by atoms with Crippen molar-refractivity contribution < 1.29 is 14.3 Å². The lowest BCUT2D eigenvalue weighted by Gasteiger charge is -2.16. The van der Waals surface area contributed by atoms with Gasteiger partial charge in [0.2, 0.25) is 11.8 Å². The first-order chi connectivity index (χ1) is 12.0. The van der Waals surface area contributed by atoms with E-state index in [2.05, 4.69) is 10.6 Å². The second-order valence-electron chi connectivity index (χ2n) is 6.05. The molecule has 0 radical (unpaired) electrons. The van der Waals surface area contributed by atoms with Crippen molar-refractivity contribution in [1.29, 1.82) is 0 Å². The number of nitrogens with one attached hydrogen (secondary N) is 2. The second-order valence-corrected chi connectivity index (χ2v) is 6.46. The molecule has 5 nitrogen and oxygen atoms in total. The van der Waals surface area contributed by atoms with E-state index in [0.717, 1.165) is 5.56 Å². The van der Waals surface area contributed by atoms with Crippen molar-refractivity contribution in [1.82, 2.24) is 5.32 Å². The molecule has 3 rings (SSSR count). The average molecular weight is 359 g/mol. The Hall–Kier alpha value is -2.53. The number of amides is 2. The highest BCUT2D eigenvalue weighted by Gasteiger charge is 2.56. The molecule has 1 saturated carbocycles. The molecule has 2 aromatic rings. The van der Waals surface area contributed by atoms with Crippen LogP contribution in [0.5, 0.6) is 5.75 Å². The Bertz CT molecular complexity index is 789. The van der Waals surface area contributed by atoms with Gasteiger partial charge in [0.15, 0.2) is 0 Å². The van der Waals surface area contributed by atoms with E-state index in [1.165, 1.54) is 7.11 Å². The van der Waals surface area contributed by atoms with Crippen molar-refractivity contribution >= 4 is 29.1 Å². The van der Waals surface area contributed by atoms with Crippen LogP contribution in [0.3, 0.4) is 0 Å². The van der Waals surface area contributed by atoms with Gasteiger partial charge >= 0.3 is 0 Å². The largest absolute Gasteiger partial charge is 0.495 e. The molecule has 1 aliphatic rings. The Kier molecular flexibility index (Phi) is 4.95. The normalized spacial score (nSPS) is 14.5. The van der Waals surface area contributed by atoms with Crippen molar-refractivity contribution in [2.45, 2.75) is 19.4 Å². The summed E-state index contributed by atoms with van der Waals surface area (Å²) in [5.41, 5.74) is 0.549. The van der Waals surface area contributed by atoms with E-state index in [9.17, 15) is 9.59 Å². The Morgan fingerprint density at radius 3 is 2.44 bits per heavy atom. The number of halogens is 1. The van der Waals surface area contributed by atoms with E-state index in [1.54, 1.807) is 18.2 Å². The number of carbonyl (C=O) groups excluding carboxylic acids is 2. The average Bonchev–Trinajstić information content (AvgIpc) is 3.43. The zero-order chi connectivity index (χ0) is 17.9. The minimum absolute atomic E-state index is 0.242. The van der Waals surface area contributed by atoms with Crippen LogP contribution in [0.4, 0.5) is 5.69 Å². The Balaban J connectivity index is 1.62. The van der Waals surface area contributed by atoms with Crippen LogP contribution in [-0.4, -0.2) is 18.9 Å². The van der Waals surface area contributed by atoms with Crippen molar-refractivity contribution in [2.24, 2.45) is 5.41 Å². The minimum Gasteiger partial charge on any atom is -0.495 e. The van der Waals surface area contributed by atoms with E-state index in [1.807, 2.05) is 30.3 Å². The molecule has 0 spiro atoms. The first-order valence-electron chi connectivity index (χ1n) is 8.02. The zero-order valence-corrected chi connectivity index (χ0v) is 14.6. The van der Waals surface area contributed by atoms with Gasteiger partial charge in [-0.15, -0.1) is 0 Å². The highest BCUT2D eigenvalue weighted by molar-refractivity contribution is 6.32. The van der Waals surface area contributed by atoms with Crippen LogP contribution in [0.2, 0.25) is 5.02 Å². The van der Waals surface area contributed by atoms with E-state index < -0.39 is 5.41 Å². The van der Waals surface area contributed by atoms with Crippen LogP contribution >= 0.6 is 11.6 Å². The number of benzene rings is 2. The first-order valence-corrected chi connectivity index (χ1v) is 8.40. The first kappa shape index (κ1) is 17.3. The van der Waals surface area contributed by atoms with Gasteiger partial charge in [-0.3, -0.25) is 9.59 Å². The minimum atomic E-state index is -0.985. The Labute approximate surface area is 151 Å². The number of methoxy groups -OCH3 is 1. The molecule has 0 atom stereocenters. The predicted molar refractivity (Wildman–Crippen MR) is 96.6 cm³/mol. The van der Waals surface area contributed by atoms with E-state index >= 15 is 0 Å². The molecule has 2 N–H and O–H groups in total. The smallest absolute Gasteiger partial charge is 0.240 e. The topological polar surface area (TPSA) is 67.4 Å². The molecule has 130 valence electrons. The van der Waals surface area contributed by atoms with Gasteiger partial charge < -0.3 is 15.4 Å². The van der Waals surface area contributed by atoms with Crippen LogP contribution in [-0.2, 0) is 16.1 Å². The van der Waals surface area contributed by atoms with Crippen molar-refractivity contribution in [3.05, 3.63) is 59.1 Å². The third kappa shape index (κ3) is 3.77. The lowest BCUT2D eigenvalue weighted by atomic mass is 10.0. The number of hydrogen-bond donors (Lipinski definition) is 2. The lowest BCUT2D eigenvalue weighted by molar-refractivity contribution is -0.134. The fourth-order valence-corrected chi connectivity index (χ4v) is 2.88. The third-order valence-corrected chi connectivity index (χ3v) is 4.62. The number of carbonyl (C=O) groups is 2. The molecule has 6 heteroatoms. The molecule has 2 aromatic carbocycles. The predicted octanol–water partition coefficient (Wildman–Crippen LogP) is 3.38. The molecule has 2 amide bonds. The third-order valence-electron chi connectivity index (χ3n) is 4.32. The molecule has 1 fully saturated rings. The van der Waals surface area contributed by atoms with Crippen LogP contribution in [0.1, 0.15) is 18.4 Å². The van der Waals surface area contributed by atoms with Gasteiger partial charge in [0.25, 0.3) is 0 Å². The fourth-order valence-electron chi connectivity index (χ4n) is 2.62. The number of rotatable bonds is 6. The fraction of sp³-hybridized carbons (Fsp3) is 0.263. The molecule has 0 unspecified atom stereocenters.